The zero-order valence-electron chi connectivity index (χ0n) is 13.5. The fourth-order valence-electron chi connectivity index (χ4n) is 2.25. The second-order valence-electron chi connectivity index (χ2n) is 5.40. The number of amides is 1. The van der Waals surface area contributed by atoms with Crippen molar-refractivity contribution in [2.75, 3.05) is 22.4 Å². The second kappa shape index (κ2) is 7.68. The van der Waals surface area contributed by atoms with E-state index in [0.29, 0.717) is 16.4 Å². The average molecular weight is 367 g/mol. The maximum Gasteiger partial charge on any atom is 0.232 e. The fourth-order valence-corrected chi connectivity index (χ4v) is 3.48. The molecule has 0 spiro atoms. The maximum atomic E-state index is 12.1. The molecule has 24 heavy (non-hydrogen) atoms. The van der Waals surface area contributed by atoms with Gasteiger partial charge in [0.1, 0.15) is 0 Å². The molecule has 128 valence electrons. The third-order valence-corrected chi connectivity index (χ3v) is 4.98. The summed E-state index contributed by atoms with van der Waals surface area (Å²) in [5.41, 5.74) is 2.02. The summed E-state index contributed by atoms with van der Waals surface area (Å²) >= 11 is 6.08. The number of hydrogen-bond acceptors (Lipinski definition) is 3. The molecule has 0 fully saturated rings. The molecule has 0 radical (unpaired) electrons. The monoisotopic (exact) mass is 366 g/mol. The van der Waals surface area contributed by atoms with Gasteiger partial charge in [0.25, 0.3) is 0 Å². The van der Waals surface area contributed by atoms with E-state index in [9.17, 15) is 13.2 Å². The Morgan fingerprint density at radius 2 is 1.75 bits per heavy atom. The van der Waals surface area contributed by atoms with Crippen LogP contribution in [0.2, 0.25) is 5.02 Å². The van der Waals surface area contributed by atoms with Crippen molar-refractivity contribution >= 4 is 38.9 Å². The molecule has 0 aliphatic rings. The van der Waals surface area contributed by atoms with E-state index in [0.717, 1.165) is 16.1 Å². The highest BCUT2D eigenvalue weighted by Gasteiger charge is 2.20. The predicted molar refractivity (Wildman–Crippen MR) is 98.1 cm³/mol. The number of anilines is 2. The molecule has 7 heteroatoms. The summed E-state index contributed by atoms with van der Waals surface area (Å²) in [6.07, 6.45) is 1.11. The van der Waals surface area contributed by atoms with Crippen molar-refractivity contribution < 1.29 is 13.2 Å². The van der Waals surface area contributed by atoms with Gasteiger partial charge in [0.2, 0.25) is 15.9 Å². The summed E-state index contributed by atoms with van der Waals surface area (Å²) in [5.74, 6) is -0.259. The molecule has 1 N–H and O–H groups in total. The molecule has 0 aliphatic heterocycles. The SMILES string of the molecule is Cc1ccccc1NC(=O)CCN(c1ccccc1Cl)S(C)(=O)=O. The minimum absolute atomic E-state index is 0.0142. The van der Waals surface area contributed by atoms with Gasteiger partial charge in [-0.05, 0) is 30.7 Å². The molecule has 2 aromatic rings. The minimum atomic E-state index is -3.55. The number of aryl methyl sites for hydroxylation is 1. The lowest BCUT2D eigenvalue weighted by atomic mass is 10.2. The Balaban J connectivity index is 2.10. The molecule has 0 heterocycles. The van der Waals surface area contributed by atoms with Gasteiger partial charge in [0.15, 0.2) is 0 Å². The van der Waals surface area contributed by atoms with Crippen LogP contribution in [0.3, 0.4) is 0 Å². The maximum absolute atomic E-state index is 12.1. The lowest BCUT2D eigenvalue weighted by Crippen LogP contribution is -2.33. The van der Waals surface area contributed by atoms with Crippen molar-refractivity contribution in [2.45, 2.75) is 13.3 Å². The Morgan fingerprint density at radius 1 is 1.12 bits per heavy atom. The molecule has 0 atom stereocenters. The largest absolute Gasteiger partial charge is 0.326 e. The zero-order chi connectivity index (χ0) is 17.7. The van der Waals surface area contributed by atoms with Crippen LogP contribution in [0.1, 0.15) is 12.0 Å². The first-order chi connectivity index (χ1) is 11.3. The molecule has 1 amide bonds. The van der Waals surface area contributed by atoms with Gasteiger partial charge in [-0.3, -0.25) is 9.10 Å². The van der Waals surface area contributed by atoms with Crippen molar-refractivity contribution in [3.63, 3.8) is 0 Å². The highest BCUT2D eigenvalue weighted by Crippen LogP contribution is 2.27. The number of carbonyl (C=O) groups is 1. The summed E-state index contributed by atoms with van der Waals surface area (Å²) in [5, 5.41) is 3.11. The van der Waals surface area contributed by atoms with E-state index in [2.05, 4.69) is 5.32 Å². The van der Waals surface area contributed by atoms with Gasteiger partial charge in [-0.15, -0.1) is 0 Å². The number of benzene rings is 2. The van der Waals surface area contributed by atoms with Gasteiger partial charge in [-0.2, -0.15) is 0 Å². The minimum Gasteiger partial charge on any atom is -0.326 e. The van der Waals surface area contributed by atoms with E-state index in [1.165, 1.54) is 0 Å². The van der Waals surface area contributed by atoms with Gasteiger partial charge in [0, 0.05) is 18.7 Å². The van der Waals surface area contributed by atoms with Crippen LogP contribution in [-0.2, 0) is 14.8 Å². The predicted octanol–water partition coefficient (Wildman–Crippen LogP) is 3.44. The summed E-state index contributed by atoms with van der Waals surface area (Å²) in [4.78, 5) is 12.1. The van der Waals surface area contributed by atoms with Crippen molar-refractivity contribution in [1.29, 1.82) is 0 Å². The number of carbonyl (C=O) groups excluding carboxylic acids is 1. The van der Waals surface area contributed by atoms with Gasteiger partial charge in [-0.25, -0.2) is 8.42 Å². The second-order valence-corrected chi connectivity index (χ2v) is 7.71. The molecule has 0 saturated carbocycles. The molecule has 0 bridgehead atoms. The topological polar surface area (TPSA) is 66.5 Å². The molecule has 2 rings (SSSR count). The molecule has 0 saturated heterocycles. The molecule has 0 aromatic heterocycles. The Labute approximate surface area is 147 Å². The highest BCUT2D eigenvalue weighted by atomic mass is 35.5. The molecule has 5 nitrogen and oxygen atoms in total. The number of halogens is 1. The average Bonchev–Trinajstić information content (AvgIpc) is 2.50. The highest BCUT2D eigenvalue weighted by molar-refractivity contribution is 7.92. The Morgan fingerprint density at radius 3 is 2.38 bits per heavy atom. The van der Waals surface area contributed by atoms with E-state index in [1.807, 2.05) is 25.1 Å². The van der Waals surface area contributed by atoms with Crippen molar-refractivity contribution in [1.82, 2.24) is 0 Å². The van der Waals surface area contributed by atoms with Gasteiger partial charge in [0.05, 0.1) is 17.0 Å². The lowest BCUT2D eigenvalue weighted by molar-refractivity contribution is -0.116. The number of nitrogens with one attached hydrogen (secondary N) is 1. The van der Waals surface area contributed by atoms with Crippen LogP contribution in [0.15, 0.2) is 48.5 Å². The normalized spacial score (nSPS) is 11.1. The number of para-hydroxylation sites is 2. The number of sulfonamides is 1. The van der Waals surface area contributed by atoms with Crippen molar-refractivity contribution in [3.05, 3.63) is 59.1 Å². The summed E-state index contributed by atoms with van der Waals surface area (Å²) in [7, 11) is -3.55. The number of rotatable bonds is 6. The van der Waals surface area contributed by atoms with E-state index < -0.39 is 10.0 Å². The summed E-state index contributed by atoms with van der Waals surface area (Å²) in [6, 6.07) is 14.1. The molecule has 0 aliphatic carbocycles. The third kappa shape index (κ3) is 4.72. The van der Waals surface area contributed by atoms with E-state index >= 15 is 0 Å². The molecular formula is C17H19ClN2O3S. The number of nitrogens with zero attached hydrogens (tertiary/aromatic N) is 1. The van der Waals surface area contributed by atoms with Crippen molar-refractivity contribution in [2.24, 2.45) is 0 Å². The van der Waals surface area contributed by atoms with E-state index in [1.54, 1.807) is 30.3 Å². The molecule has 0 unspecified atom stereocenters. The molecular weight excluding hydrogens is 348 g/mol. The van der Waals surface area contributed by atoms with Crippen LogP contribution < -0.4 is 9.62 Å². The zero-order valence-corrected chi connectivity index (χ0v) is 15.1. The number of hydrogen-bond donors (Lipinski definition) is 1. The van der Waals surface area contributed by atoms with Crippen LogP contribution in [0.5, 0.6) is 0 Å². The van der Waals surface area contributed by atoms with Crippen LogP contribution in [0, 0.1) is 6.92 Å². The quantitative estimate of drug-likeness (QED) is 0.851. The molecule has 2 aromatic carbocycles. The first-order valence-corrected chi connectivity index (χ1v) is 9.59. The Hall–Kier alpha value is -2.05. The smallest absolute Gasteiger partial charge is 0.232 e. The van der Waals surface area contributed by atoms with Crippen LogP contribution in [-0.4, -0.2) is 27.1 Å². The van der Waals surface area contributed by atoms with E-state index in [4.69, 9.17) is 11.6 Å². The van der Waals surface area contributed by atoms with Crippen LogP contribution in [0.25, 0.3) is 0 Å². The fraction of sp³-hybridized carbons (Fsp3) is 0.235. The third-order valence-electron chi connectivity index (χ3n) is 3.48. The van der Waals surface area contributed by atoms with Gasteiger partial charge >= 0.3 is 0 Å². The van der Waals surface area contributed by atoms with E-state index in [-0.39, 0.29) is 18.9 Å². The Bertz CT molecular complexity index is 837. The first-order valence-electron chi connectivity index (χ1n) is 7.37. The van der Waals surface area contributed by atoms with Crippen LogP contribution in [0.4, 0.5) is 11.4 Å². The summed E-state index contributed by atoms with van der Waals surface area (Å²) < 4.78 is 25.2. The van der Waals surface area contributed by atoms with Gasteiger partial charge < -0.3 is 5.32 Å². The summed E-state index contributed by atoms with van der Waals surface area (Å²) in [6.45, 7) is 1.91. The Kier molecular flexibility index (Phi) is 5.85. The van der Waals surface area contributed by atoms with Crippen LogP contribution >= 0.6 is 11.6 Å². The standard InChI is InChI=1S/C17H19ClN2O3S/c1-13-7-3-5-9-15(13)19-17(21)11-12-20(24(2,22)23)16-10-6-4-8-14(16)18/h3-10H,11-12H2,1-2H3,(H,19,21). The first kappa shape index (κ1) is 18.3. The lowest BCUT2D eigenvalue weighted by Gasteiger charge is -2.23. The van der Waals surface area contributed by atoms with Gasteiger partial charge in [-0.1, -0.05) is 41.9 Å². The van der Waals surface area contributed by atoms with Crippen molar-refractivity contribution in [3.8, 4) is 0 Å².